The second-order valence-corrected chi connectivity index (χ2v) is 7.83. The summed E-state index contributed by atoms with van der Waals surface area (Å²) >= 11 is 0. The van der Waals surface area contributed by atoms with Crippen molar-refractivity contribution in [2.24, 2.45) is 0 Å². The van der Waals surface area contributed by atoms with Crippen molar-refractivity contribution in [1.82, 2.24) is 9.88 Å². The molecule has 114 valence electrons. The average molecular weight is 308 g/mol. The molecule has 0 bridgehead atoms. The van der Waals surface area contributed by atoms with Gasteiger partial charge in [0.2, 0.25) is 5.89 Å². The second-order valence-electron chi connectivity index (χ2n) is 5.60. The number of oxazole rings is 1. The van der Waals surface area contributed by atoms with Crippen molar-refractivity contribution < 1.29 is 12.8 Å². The van der Waals surface area contributed by atoms with E-state index in [1.165, 1.54) is 0 Å². The van der Waals surface area contributed by atoms with Gasteiger partial charge in [0.25, 0.3) is 0 Å². The van der Waals surface area contributed by atoms with Gasteiger partial charge in [-0.15, -0.1) is 0 Å². The van der Waals surface area contributed by atoms with Crippen molar-refractivity contribution in [2.45, 2.75) is 32.4 Å². The molecule has 1 unspecified atom stereocenters. The number of para-hydroxylation sites is 2. The lowest BCUT2D eigenvalue weighted by molar-refractivity contribution is 0.186. The van der Waals surface area contributed by atoms with E-state index in [1.807, 2.05) is 24.3 Å². The Labute approximate surface area is 124 Å². The largest absolute Gasteiger partial charge is 0.439 e. The summed E-state index contributed by atoms with van der Waals surface area (Å²) in [5.41, 5.74) is 1.63. The highest BCUT2D eigenvalue weighted by Crippen LogP contribution is 2.22. The first kappa shape index (κ1) is 14.5. The fraction of sp³-hybridized carbons (Fsp3) is 0.533. The van der Waals surface area contributed by atoms with Gasteiger partial charge in [0.05, 0.1) is 18.1 Å². The van der Waals surface area contributed by atoms with E-state index in [-0.39, 0.29) is 11.8 Å². The lowest BCUT2D eigenvalue weighted by Crippen LogP contribution is -2.36. The van der Waals surface area contributed by atoms with Crippen LogP contribution in [0.5, 0.6) is 0 Å². The van der Waals surface area contributed by atoms with Gasteiger partial charge in [-0.25, -0.2) is 13.4 Å². The molecular weight excluding hydrogens is 288 g/mol. The molecule has 0 spiro atoms. The van der Waals surface area contributed by atoms with Crippen molar-refractivity contribution in [3.05, 3.63) is 30.2 Å². The molecule has 3 rings (SSSR count). The summed E-state index contributed by atoms with van der Waals surface area (Å²) in [5.74, 6) is 1.22. The number of benzene rings is 1. The Morgan fingerprint density at radius 2 is 2.19 bits per heavy atom. The highest BCUT2D eigenvalue weighted by molar-refractivity contribution is 7.91. The molecule has 1 aliphatic heterocycles. The zero-order chi connectivity index (χ0) is 14.9. The minimum absolute atomic E-state index is 0.0879. The van der Waals surface area contributed by atoms with Crippen molar-refractivity contribution in [3.63, 3.8) is 0 Å². The number of hydrogen-bond donors (Lipinski definition) is 0. The van der Waals surface area contributed by atoms with E-state index in [0.29, 0.717) is 24.6 Å². The topological polar surface area (TPSA) is 63.4 Å². The molecule has 21 heavy (non-hydrogen) atoms. The molecule has 6 heteroatoms. The quantitative estimate of drug-likeness (QED) is 0.847. The predicted octanol–water partition coefficient (Wildman–Crippen LogP) is 2.23. The third kappa shape index (κ3) is 3.27. The van der Waals surface area contributed by atoms with Crippen LogP contribution in [-0.2, 0) is 16.4 Å². The Morgan fingerprint density at radius 1 is 1.38 bits per heavy atom. The van der Waals surface area contributed by atoms with Crippen LogP contribution in [0.1, 0.15) is 25.7 Å². The monoisotopic (exact) mass is 308 g/mol. The van der Waals surface area contributed by atoms with Crippen molar-refractivity contribution in [3.8, 4) is 0 Å². The molecule has 1 aliphatic rings. The van der Waals surface area contributed by atoms with Crippen LogP contribution >= 0.6 is 0 Å². The Hall–Kier alpha value is -1.40. The van der Waals surface area contributed by atoms with E-state index in [4.69, 9.17) is 4.42 Å². The number of fused-ring (bicyclic) bond motifs is 1. The molecule has 1 fully saturated rings. The van der Waals surface area contributed by atoms with Gasteiger partial charge in [0, 0.05) is 6.04 Å². The molecule has 5 nitrogen and oxygen atoms in total. The van der Waals surface area contributed by atoms with E-state index in [1.54, 1.807) is 0 Å². The van der Waals surface area contributed by atoms with Gasteiger partial charge >= 0.3 is 0 Å². The molecule has 1 aromatic heterocycles. The maximum Gasteiger partial charge on any atom is 0.209 e. The number of hydrogen-bond acceptors (Lipinski definition) is 5. The third-order valence-electron chi connectivity index (χ3n) is 3.91. The summed E-state index contributed by atoms with van der Waals surface area (Å²) < 4.78 is 29.1. The number of rotatable bonds is 5. The van der Waals surface area contributed by atoms with Crippen LogP contribution in [0.2, 0.25) is 0 Å². The minimum atomic E-state index is -2.87. The molecule has 0 radical (unpaired) electrons. The molecule has 0 aliphatic carbocycles. The van der Waals surface area contributed by atoms with Crippen LogP contribution in [0.25, 0.3) is 11.1 Å². The average Bonchev–Trinajstić information content (AvgIpc) is 3.00. The summed E-state index contributed by atoms with van der Waals surface area (Å²) in [6.07, 6.45) is 1.69. The molecule has 1 aromatic carbocycles. The normalized spacial score (nSPS) is 21.3. The summed E-state index contributed by atoms with van der Waals surface area (Å²) in [6.45, 7) is 3.53. The fourth-order valence-corrected chi connectivity index (χ4v) is 4.66. The molecule has 1 saturated heterocycles. The first-order valence-corrected chi connectivity index (χ1v) is 9.18. The summed E-state index contributed by atoms with van der Waals surface area (Å²) in [6, 6.07) is 7.76. The van der Waals surface area contributed by atoms with E-state index in [2.05, 4.69) is 16.8 Å². The maximum atomic E-state index is 11.7. The van der Waals surface area contributed by atoms with Gasteiger partial charge in [-0.2, -0.15) is 0 Å². The van der Waals surface area contributed by atoms with Crippen LogP contribution in [-0.4, -0.2) is 42.4 Å². The maximum absolute atomic E-state index is 11.7. The van der Waals surface area contributed by atoms with Crippen molar-refractivity contribution in [1.29, 1.82) is 0 Å². The van der Waals surface area contributed by atoms with Crippen LogP contribution < -0.4 is 0 Å². The fourth-order valence-electron chi connectivity index (χ4n) is 2.90. The van der Waals surface area contributed by atoms with Gasteiger partial charge in [-0.3, -0.25) is 4.90 Å². The lowest BCUT2D eigenvalue weighted by atomic mass is 10.2. The highest BCUT2D eigenvalue weighted by atomic mass is 32.2. The first-order chi connectivity index (χ1) is 10.1. The smallest absolute Gasteiger partial charge is 0.209 e. The molecule has 2 aromatic rings. The van der Waals surface area contributed by atoms with E-state index >= 15 is 0 Å². The van der Waals surface area contributed by atoms with Gasteiger partial charge in [-0.05, 0) is 31.5 Å². The molecule has 1 atom stereocenters. The lowest BCUT2D eigenvalue weighted by Gasteiger charge is -2.25. The van der Waals surface area contributed by atoms with Crippen molar-refractivity contribution in [2.75, 3.05) is 18.1 Å². The van der Waals surface area contributed by atoms with E-state index in [9.17, 15) is 8.42 Å². The van der Waals surface area contributed by atoms with E-state index in [0.717, 1.165) is 24.1 Å². The van der Waals surface area contributed by atoms with Gasteiger partial charge in [-0.1, -0.05) is 19.1 Å². The number of sulfone groups is 1. The van der Waals surface area contributed by atoms with Crippen LogP contribution in [0.15, 0.2) is 28.7 Å². The Balaban J connectivity index is 1.78. The molecule has 0 saturated carbocycles. The third-order valence-corrected chi connectivity index (χ3v) is 5.66. The Morgan fingerprint density at radius 3 is 2.86 bits per heavy atom. The highest BCUT2D eigenvalue weighted by Gasteiger charge is 2.32. The van der Waals surface area contributed by atoms with Crippen LogP contribution in [0, 0.1) is 0 Å². The van der Waals surface area contributed by atoms with Crippen molar-refractivity contribution >= 4 is 20.9 Å². The zero-order valence-electron chi connectivity index (χ0n) is 12.2. The first-order valence-electron chi connectivity index (χ1n) is 7.36. The van der Waals surface area contributed by atoms with Crippen LogP contribution in [0.4, 0.5) is 0 Å². The zero-order valence-corrected chi connectivity index (χ0v) is 13.0. The molecule has 0 amide bonds. The molecular formula is C15H20N2O3S. The molecule has 0 N–H and O–H groups in total. The van der Waals surface area contributed by atoms with Gasteiger partial charge in [0.15, 0.2) is 15.4 Å². The standard InChI is InChI=1S/C15H20N2O3S/c1-2-8-17(12-7-9-21(18,19)11-12)10-15-16-13-5-3-4-6-14(13)20-15/h3-6,12H,2,7-11H2,1H3. The number of nitrogens with zero attached hydrogens (tertiary/aromatic N) is 2. The summed E-state index contributed by atoms with van der Waals surface area (Å²) in [4.78, 5) is 6.67. The SMILES string of the molecule is CCCN(Cc1nc2ccccc2o1)C1CCS(=O)(=O)C1. The predicted molar refractivity (Wildman–Crippen MR) is 81.8 cm³/mol. The van der Waals surface area contributed by atoms with E-state index < -0.39 is 9.84 Å². The number of aromatic nitrogens is 1. The summed E-state index contributed by atoms with van der Waals surface area (Å²) in [5, 5.41) is 0. The van der Waals surface area contributed by atoms with Gasteiger partial charge in [0.1, 0.15) is 5.52 Å². The Bertz CT molecular complexity index is 690. The Kier molecular flexibility index (Phi) is 3.99. The molecule has 2 heterocycles. The summed E-state index contributed by atoms with van der Waals surface area (Å²) in [7, 11) is -2.87. The van der Waals surface area contributed by atoms with Crippen LogP contribution in [0.3, 0.4) is 0 Å². The van der Waals surface area contributed by atoms with Gasteiger partial charge < -0.3 is 4.42 Å². The second kappa shape index (κ2) is 5.77. The minimum Gasteiger partial charge on any atom is -0.439 e.